The third-order valence-corrected chi connectivity index (χ3v) is 9.61. The van der Waals surface area contributed by atoms with E-state index in [2.05, 4.69) is 129 Å². The highest BCUT2D eigenvalue weighted by Gasteiger charge is 2.51. The monoisotopic (exact) mass is 500 g/mol. The molecule has 0 saturated carbocycles. The first kappa shape index (κ1) is 22.8. The van der Waals surface area contributed by atoms with Gasteiger partial charge in [0.2, 0.25) is 0 Å². The zero-order chi connectivity index (χ0) is 26.1. The maximum absolute atomic E-state index is 2.54. The Hall–Kier alpha value is -4.16. The van der Waals surface area contributed by atoms with Crippen LogP contribution in [0.5, 0.6) is 0 Å². The molecule has 188 valence electrons. The zero-order valence-corrected chi connectivity index (χ0v) is 22.7. The van der Waals surface area contributed by atoms with Crippen LogP contribution in [0.3, 0.4) is 0 Å². The quantitative estimate of drug-likeness (QED) is 0.222. The van der Waals surface area contributed by atoms with Gasteiger partial charge in [-0.3, -0.25) is 0 Å². The minimum Gasteiger partial charge on any atom is -0.0839 e. The van der Waals surface area contributed by atoms with E-state index in [1.807, 2.05) is 0 Å². The van der Waals surface area contributed by atoms with Gasteiger partial charge in [0, 0.05) is 0 Å². The van der Waals surface area contributed by atoms with Crippen LogP contribution >= 0.6 is 0 Å². The molecular weight excluding hydrogens is 468 g/mol. The molecule has 8 rings (SSSR count). The van der Waals surface area contributed by atoms with Gasteiger partial charge in [-0.1, -0.05) is 110 Å². The van der Waals surface area contributed by atoms with Crippen molar-refractivity contribution in [1.82, 2.24) is 0 Å². The molecule has 0 fully saturated rings. The Balaban J connectivity index is 1.47. The summed E-state index contributed by atoms with van der Waals surface area (Å²) in [5.74, 6) is 0.525. The normalized spacial score (nSPS) is 22.0. The van der Waals surface area contributed by atoms with Gasteiger partial charge in [0.25, 0.3) is 0 Å². The summed E-state index contributed by atoms with van der Waals surface area (Å²) in [5.41, 5.74) is 17.9. The van der Waals surface area contributed by atoms with E-state index in [9.17, 15) is 0 Å². The molecule has 0 bridgehead atoms. The number of rotatable bonds is 2. The molecule has 4 aliphatic rings. The molecule has 0 radical (unpaired) electrons. The van der Waals surface area contributed by atoms with Gasteiger partial charge in [0.1, 0.15) is 0 Å². The first-order valence-corrected chi connectivity index (χ1v) is 14.4. The highest BCUT2D eigenvalue weighted by molar-refractivity contribution is 5.96. The van der Waals surface area contributed by atoms with Crippen LogP contribution in [-0.2, 0) is 5.41 Å². The molecule has 2 unspecified atom stereocenters. The minimum absolute atomic E-state index is 0.308. The molecule has 0 aliphatic heterocycles. The van der Waals surface area contributed by atoms with Crippen molar-refractivity contribution in [1.29, 1.82) is 0 Å². The molecule has 4 aliphatic carbocycles. The fourth-order valence-corrected chi connectivity index (χ4v) is 7.79. The molecule has 0 amide bonds. The minimum atomic E-state index is -0.308. The van der Waals surface area contributed by atoms with Crippen molar-refractivity contribution in [3.63, 3.8) is 0 Å². The Bertz CT molecular complexity index is 1790. The highest BCUT2D eigenvalue weighted by atomic mass is 14.5. The Morgan fingerprint density at radius 2 is 1.28 bits per heavy atom. The molecule has 0 saturated heterocycles. The summed E-state index contributed by atoms with van der Waals surface area (Å²) < 4.78 is 0. The lowest BCUT2D eigenvalue weighted by Gasteiger charge is -2.31. The van der Waals surface area contributed by atoms with Crippen LogP contribution in [0.2, 0.25) is 0 Å². The van der Waals surface area contributed by atoms with E-state index in [0.29, 0.717) is 5.92 Å². The van der Waals surface area contributed by atoms with Crippen molar-refractivity contribution in [2.45, 2.75) is 38.5 Å². The van der Waals surface area contributed by atoms with Crippen LogP contribution in [0.25, 0.3) is 33.4 Å². The molecule has 0 heterocycles. The smallest absolute Gasteiger partial charge is 0.0725 e. The maximum Gasteiger partial charge on any atom is 0.0725 e. The lowest BCUT2D eigenvalue weighted by atomic mass is 9.69. The number of hydrogen-bond acceptors (Lipinski definition) is 0. The van der Waals surface area contributed by atoms with Crippen molar-refractivity contribution < 1.29 is 0 Å². The van der Waals surface area contributed by atoms with Crippen LogP contribution in [-0.4, -0.2) is 0 Å². The van der Waals surface area contributed by atoms with E-state index >= 15 is 0 Å². The summed E-state index contributed by atoms with van der Waals surface area (Å²) in [7, 11) is 0. The third-order valence-electron chi connectivity index (χ3n) is 9.61. The van der Waals surface area contributed by atoms with Crippen LogP contribution in [0.15, 0.2) is 121 Å². The summed E-state index contributed by atoms with van der Waals surface area (Å²) in [5, 5.41) is 0. The number of fused-ring (bicyclic) bond motifs is 10. The summed E-state index contributed by atoms with van der Waals surface area (Å²) >= 11 is 0. The lowest BCUT2D eigenvalue weighted by Crippen LogP contribution is -2.26. The van der Waals surface area contributed by atoms with Crippen molar-refractivity contribution in [3.8, 4) is 22.3 Å². The molecule has 0 nitrogen and oxygen atoms in total. The Labute approximate surface area is 231 Å². The molecule has 39 heavy (non-hydrogen) atoms. The molecular formula is C39H32. The summed E-state index contributed by atoms with van der Waals surface area (Å²) in [6.07, 6.45) is 14.8. The average molecular weight is 501 g/mol. The number of hydrogen-bond donors (Lipinski definition) is 0. The van der Waals surface area contributed by atoms with Gasteiger partial charge < -0.3 is 0 Å². The third kappa shape index (κ3) is 3.06. The van der Waals surface area contributed by atoms with Gasteiger partial charge in [0.05, 0.1) is 5.41 Å². The van der Waals surface area contributed by atoms with E-state index in [-0.39, 0.29) is 5.41 Å². The average Bonchev–Trinajstić information content (AvgIpc) is 3.44. The van der Waals surface area contributed by atoms with E-state index in [4.69, 9.17) is 0 Å². The predicted octanol–water partition coefficient (Wildman–Crippen LogP) is 10.1. The van der Waals surface area contributed by atoms with Crippen LogP contribution in [0.1, 0.15) is 66.5 Å². The number of benzene rings is 4. The van der Waals surface area contributed by atoms with Crippen molar-refractivity contribution >= 4 is 11.1 Å². The predicted molar refractivity (Wildman–Crippen MR) is 165 cm³/mol. The summed E-state index contributed by atoms with van der Waals surface area (Å²) in [6, 6.07) is 32.9. The summed E-state index contributed by atoms with van der Waals surface area (Å²) in [6.45, 7) is 4.62. The standard InChI is InChI=1S/C39H32/c1-25-11-3-5-13-29(25)27-19-21-33-31-15-7-9-17-35(31)39(37(33)23-27)36-18-10-8-16-32(36)34-22-20-28(24-38(34)39)30-14-6-4-12-26(30)2/h3-5,7-10,12-13,15-25H,6,11,14H2,1-2H3. The van der Waals surface area contributed by atoms with E-state index in [0.717, 1.165) is 19.3 Å². The van der Waals surface area contributed by atoms with Crippen molar-refractivity contribution in [2.75, 3.05) is 0 Å². The highest BCUT2D eigenvalue weighted by Crippen LogP contribution is 2.63. The molecule has 0 aromatic heterocycles. The van der Waals surface area contributed by atoms with Gasteiger partial charge in [-0.15, -0.1) is 0 Å². The van der Waals surface area contributed by atoms with Crippen molar-refractivity contribution in [3.05, 3.63) is 154 Å². The molecule has 1 spiro atoms. The SMILES string of the molecule is CC1=C(c2ccc3c(c2)C2(c4ccccc4-c4ccc(C5=CC=CCC5C)cc42)c2ccccc2-3)CCC=C1. The van der Waals surface area contributed by atoms with Gasteiger partial charge in [-0.2, -0.15) is 0 Å². The largest absolute Gasteiger partial charge is 0.0839 e. The van der Waals surface area contributed by atoms with E-state index in [1.165, 1.54) is 72.4 Å². The Morgan fingerprint density at radius 3 is 1.95 bits per heavy atom. The van der Waals surface area contributed by atoms with E-state index < -0.39 is 0 Å². The van der Waals surface area contributed by atoms with Crippen LogP contribution in [0, 0.1) is 5.92 Å². The second kappa shape index (κ2) is 8.42. The number of allylic oxidation sites excluding steroid dienone is 8. The second-order valence-electron chi connectivity index (χ2n) is 11.7. The van der Waals surface area contributed by atoms with Gasteiger partial charge in [0.15, 0.2) is 0 Å². The zero-order valence-electron chi connectivity index (χ0n) is 22.7. The molecule has 2 atom stereocenters. The lowest BCUT2D eigenvalue weighted by molar-refractivity contribution is 0.756. The molecule has 4 aromatic rings. The Kier molecular flexibility index (Phi) is 4.92. The topological polar surface area (TPSA) is 0 Å². The fourth-order valence-electron chi connectivity index (χ4n) is 7.79. The van der Waals surface area contributed by atoms with Crippen LogP contribution in [0.4, 0.5) is 0 Å². The van der Waals surface area contributed by atoms with Gasteiger partial charge in [-0.25, -0.2) is 0 Å². The van der Waals surface area contributed by atoms with E-state index in [1.54, 1.807) is 0 Å². The first-order valence-electron chi connectivity index (χ1n) is 14.4. The molecule has 0 heteroatoms. The van der Waals surface area contributed by atoms with Crippen molar-refractivity contribution in [2.24, 2.45) is 5.92 Å². The Morgan fingerprint density at radius 1 is 0.667 bits per heavy atom. The molecule has 4 aromatic carbocycles. The summed E-state index contributed by atoms with van der Waals surface area (Å²) in [4.78, 5) is 0. The molecule has 0 N–H and O–H groups in total. The maximum atomic E-state index is 2.54. The fraction of sp³-hybridized carbons (Fsp3) is 0.179. The van der Waals surface area contributed by atoms with Gasteiger partial charge in [-0.05, 0) is 117 Å². The van der Waals surface area contributed by atoms with Gasteiger partial charge >= 0.3 is 0 Å². The first-order chi connectivity index (χ1) is 19.2. The second-order valence-corrected chi connectivity index (χ2v) is 11.7. The van der Waals surface area contributed by atoms with Crippen LogP contribution < -0.4 is 0 Å².